The highest BCUT2D eigenvalue weighted by molar-refractivity contribution is 6.04. The van der Waals surface area contributed by atoms with Crippen molar-refractivity contribution in [2.24, 2.45) is 0 Å². The summed E-state index contributed by atoms with van der Waals surface area (Å²) in [6.45, 7) is 2.82. The predicted octanol–water partition coefficient (Wildman–Crippen LogP) is 3.75. The average Bonchev–Trinajstić information content (AvgIpc) is 3.21. The van der Waals surface area contributed by atoms with E-state index in [-0.39, 0.29) is 24.4 Å². The molecule has 160 valence electrons. The fourth-order valence-corrected chi connectivity index (χ4v) is 3.94. The van der Waals surface area contributed by atoms with E-state index in [0.717, 1.165) is 42.6 Å². The van der Waals surface area contributed by atoms with E-state index in [2.05, 4.69) is 16.7 Å². The number of likely N-dealkylation sites (N-methyl/N-ethyl adjacent to an activating group) is 1. The van der Waals surface area contributed by atoms with Crippen LogP contribution in [-0.4, -0.2) is 43.5 Å². The third-order valence-electron chi connectivity index (χ3n) is 5.43. The van der Waals surface area contributed by atoms with E-state index < -0.39 is 0 Å². The Labute approximate surface area is 178 Å². The minimum absolute atomic E-state index is 0.129. The fourth-order valence-electron chi connectivity index (χ4n) is 3.94. The fraction of sp³-hybridized carbons (Fsp3) is 0.417. The number of rotatable bonds is 8. The predicted molar refractivity (Wildman–Crippen MR) is 119 cm³/mol. The molecule has 6 heteroatoms. The summed E-state index contributed by atoms with van der Waals surface area (Å²) < 4.78 is 5.43. The Morgan fingerprint density at radius 1 is 1.13 bits per heavy atom. The van der Waals surface area contributed by atoms with Crippen molar-refractivity contribution in [3.8, 4) is 5.75 Å². The van der Waals surface area contributed by atoms with Gasteiger partial charge < -0.3 is 15.4 Å². The first kappa shape index (κ1) is 21.8. The Balaban J connectivity index is 1.61. The third-order valence-corrected chi connectivity index (χ3v) is 5.43. The molecule has 0 atom stereocenters. The van der Waals surface area contributed by atoms with Crippen LogP contribution in [0.3, 0.4) is 0 Å². The lowest BCUT2D eigenvalue weighted by molar-refractivity contribution is -0.117. The Kier molecular flexibility index (Phi) is 7.46. The summed E-state index contributed by atoms with van der Waals surface area (Å²) in [6, 6.07) is 13.4. The van der Waals surface area contributed by atoms with Crippen molar-refractivity contribution in [1.82, 2.24) is 10.2 Å². The van der Waals surface area contributed by atoms with Crippen molar-refractivity contribution in [3.05, 3.63) is 59.2 Å². The molecule has 0 radical (unpaired) electrons. The molecule has 3 rings (SSSR count). The van der Waals surface area contributed by atoms with Gasteiger partial charge in [-0.05, 0) is 45.0 Å². The van der Waals surface area contributed by atoms with E-state index in [1.807, 2.05) is 43.1 Å². The average molecular weight is 410 g/mol. The van der Waals surface area contributed by atoms with Crippen molar-refractivity contribution in [3.63, 3.8) is 0 Å². The van der Waals surface area contributed by atoms with Gasteiger partial charge >= 0.3 is 0 Å². The summed E-state index contributed by atoms with van der Waals surface area (Å²) in [4.78, 5) is 27.2. The van der Waals surface area contributed by atoms with Gasteiger partial charge in [0.1, 0.15) is 5.75 Å². The molecular weight excluding hydrogens is 378 g/mol. The van der Waals surface area contributed by atoms with Gasteiger partial charge in [0, 0.05) is 18.2 Å². The molecule has 1 aliphatic rings. The van der Waals surface area contributed by atoms with Crippen LogP contribution in [0.25, 0.3) is 0 Å². The van der Waals surface area contributed by atoms with Gasteiger partial charge in [-0.15, -0.1) is 0 Å². The molecule has 0 heterocycles. The summed E-state index contributed by atoms with van der Waals surface area (Å²) >= 11 is 0. The third kappa shape index (κ3) is 5.83. The van der Waals surface area contributed by atoms with E-state index in [9.17, 15) is 9.59 Å². The molecule has 6 nitrogen and oxygen atoms in total. The van der Waals surface area contributed by atoms with Crippen LogP contribution in [0.1, 0.15) is 47.2 Å². The monoisotopic (exact) mass is 409 g/mol. The number of anilines is 1. The second-order valence-electron chi connectivity index (χ2n) is 8.04. The number of para-hydroxylation sites is 1. The molecule has 2 amide bonds. The summed E-state index contributed by atoms with van der Waals surface area (Å²) in [7, 11) is 3.54. The number of aryl methyl sites for hydroxylation is 1. The number of carbonyl (C=O) groups is 2. The summed E-state index contributed by atoms with van der Waals surface area (Å²) in [5, 5.41) is 5.99. The van der Waals surface area contributed by atoms with Gasteiger partial charge in [0.25, 0.3) is 5.91 Å². The van der Waals surface area contributed by atoms with E-state index in [4.69, 9.17) is 4.74 Å². The molecule has 1 aliphatic carbocycles. The van der Waals surface area contributed by atoms with Crippen molar-refractivity contribution < 1.29 is 14.3 Å². The highest BCUT2D eigenvalue weighted by atomic mass is 16.5. The van der Waals surface area contributed by atoms with E-state index in [0.29, 0.717) is 17.8 Å². The van der Waals surface area contributed by atoms with Crippen molar-refractivity contribution in [2.45, 2.75) is 45.2 Å². The first-order chi connectivity index (χ1) is 14.5. The van der Waals surface area contributed by atoms with Gasteiger partial charge in [0.15, 0.2) is 0 Å². The normalized spacial score (nSPS) is 14.0. The van der Waals surface area contributed by atoms with Crippen LogP contribution in [0.5, 0.6) is 5.75 Å². The second kappa shape index (κ2) is 10.3. The van der Waals surface area contributed by atoms with Crippen LogP contribution < -0.4 is 15.4 Å². The number of carbonyl (C=O) groups excluding carboxylic acids is 2. The maximum atomic E-state index is 12.7. The molecule has 30 heavy (non-hydrogen) atoms. The van der Waals surface area contributed by atoms with E-state index in [1.165, 1.54) is 0 Å². The highest BCUT2D eigenvalue weighted by Crippen LogP contribution is 2.22. The Morgan fingerprint density at radius 3 is 2.60 bits per heavy atom. The lowest BCUT2D eigenvalue weighted by Crippen LogP contribution is -2.34. The summed E-state index contributed by atoms with van der Waals surface area (Å²) in [6.07, 6.45) is 4.35. The largest absolute Gasteiger partial charge is 0.496 e. The molecule has 2 aromatic rings. The second-order valence-corrected chi connectivity index (χ2v) is 8.04. The molecule has 0 aromatic heterocycles. The zero-order valence-electron chi connectivity index (χ0n) is 18.0. The maximum absolute atomic E-state index is 12.7. The first-order valence-corrected chi connectivity index (χ1v) is 10.5. The lowest BCUT2D eigenvalue weighted by atomic mass is 10.1. The number of benzene rings is 2. The minimum Gasteiger partial charge on any atom is -0.496 e. The minimum atomic E-state index is -0.162. The van der Waals surface area contributed by atoms with Crippen molar-refractivity contribution in [1.29, 1.82) is 0 Å². The lowest BCUT2D eigenvalue weighted by Gasteiger charge is -2.19. The van der Waals surface area contributed by atoms with Gasteiger partial charge in [-0.25, -0.2) is 0 Å². The number of amides is 2. The quantitative estimate of drug-likeness (QED) is 0.697. The molecule has 0 aliphatic heterocycles. The van der Waals surface area contributed by atoms with E-state index >= 15 is 0 Å². The van der Waals surface area contributed by atoms with Crippen LogP contribution in [-0.2, 0) is 11.3 Å². The molecule has 0 bridgehead atoms. The van der Waals surface area contributed by atoms with Crippen LogP contribution >= 0.6 is 0 Å². The van der Waals surface area contributed by atoms with Gasteiger partial charge in [-0.3, -0.25) is 14.5 Å². The molecule has 1 fully saturated rings. The molecule has 0 unspecified atom stereocenters. The van der Waals surface area contributed by atoms with Crippen LogP contribution in [0.4, 0.5) is 5.69 Å². The number of hydrogen-bond acceptors (Lipinski definition) is 4. The smallest absolute Gasteiger partial charge is 0.253 e. The van der Waals surface area contributed by atoms with Gasteiger partial charge in [0.2, 0.25) is 5.91 Å². The van der Waals surface area contributed by atoms with Gasteiger partial charge in [0.05, 0.1) is 24.9 Å². The van der Waals surface area contributed by atoms with Gasteiger partial charge in [-0.1, -0.05) is 42.7 Å². The summed E-state index contributed by atoms with van der Waals surface area (Å²) in [5.74, 6) is 0.516. The summed E-state index contributed by atoms with van der Waals surface area (Å²) in [5.41, 5.74) is 3.22. The zero-order chi connectivity index (χ0) is 21.5. The number of hydrogen-bond donors (Lipinski definition) is 2. The first-order valence-electron chi connectivity index (χ1n) is 10.5. The topological polar surface area (TPSA) is 70.7 Å². The molecule has 0 spiro atoms. The molecule has 2 N–H and O–H groups in total. The van der Waals surface area contributed by atoms with Crippen LogP contribution in [0.15, 0.2) is 42.5 Å². The number of methoxy groups -OCH3 is 1. The maximum Gasteiger partial charge on any atom is 0.253 e. The number of nitrogens with zero attached hydrogens (tertiary/aromatic N) is 1. The molecule has 2 aromatic carbocycles. The molecular formula is C24H31N3O3. The molecule has 0 saturated heterocycles. The molecule has 1 saturated carbocycles. The number of ether oxygens (including phenoxy) is 1. The van der Waals surface area contributed by atoms with Crippen molar-refractivity contribution >= 4 is 17.5 Å². The number of nitrogens with one attached hydrogen (secondary N) is 2. The SMILES string of the molecule is COc1ccc(C)cc1CN(C)CC(=O)Nc1ccccc1C(=O)NC1CCCC1. The Hall–Kier alpha value is -2.86. The Morgan fingerprint density at radius 2 is 1.87 bits per heavy atom. The van der Waals surface area contributed by atoms with Crippen LogP contribution in [0.2, 0.25) is 0 Å². The highest BCUT2D eigenvalue weighted by Gasteiger charge is 2.20. The Bertz CT molecular complexity index is 891. The van der Waals surface area contributed by atoms with Crippen molar-refractivity contribution in [2.75, 3.05) is 26.0 Å². The van der Waals surface area contributed by atoms with Gasteiger partial charge in [-0.2, -0.15) is 0 Å². The zero-order valence-corrected chi connectivity index (χ0v) is 18.0. The van der Waals surface area contributed by atoms with E-state index in [1.54, 1.807) is 19.2 Å². The standard InChI is InChI=1S/C24H31N3O3/c1-17-12-13-22(30-3)18(14-17)15-27(2)16-23(28)26-21-11-7-6-10-20(21)24(29)25-19-8-4-5-9-19/h6-7,10-14,19H,4-5,8-9,15-16H2,1-3H3,(H,25,29)(H,26,28). The van der Waals surface area contributed by atoms with Crippen LogP contribution in [0, 0.1) is 6.92 Å².